The summed E-state index contributed by atoms with van der Waals surface area (Å²) in [4.78, 5) is 11.1. The van der Waals surface area contributed by atoms with Gasteiger partial charge in [-0.3, -0.25) is 4.79 Å². The van der Waals surface area contributed by atoms with E-state index in [4.69, 9.17) is 4.74 Å². The Morgan fingerprint density at radius 1 is 1.44 bits per heavy atom. The summed E-state index contributed by atoms with van der Waals surface area (Å²) in [5, 5.41) is 9.17. The van der Waals surface area contributed by atoms with Crippen LogP contribution in [0.25, 0.3) is 0 Å². The van der Waals surface area contributed by atoms with Gasteiger partial charge < -0.3 is 4.74 Å². The number of ether oxygens (including phenoxy) is 1. The molecule has 0 aromatic carbocycles. The summed E-state index contributed by atoms with van der Waals surface area (Å²) in [5.74, 6) is 1.67. The molecule has 3 heteroatoms. The van der Waals surface area contributed by atoms with Crippen molar-refractivity contribution < 1.29 is 9.53 Å². The summed E-state index contributed by atoms with van der Waals surface area (Å²) in [6.45, 7) is 4.14. The van der Waals surface area contributed by atoms with E-state index in [-0.39, 0.29) is 11.4 Å². The Labute approximate surface area is 110 Å². The lowest BCUT2D eigenvalue weighted by molar-refractivity contribution is -0.151. The van der Waals surface area contributed by atoms with E-state index in [0.29, 0.717) is 24.9 Å². The van der Waals surface area contributed by atoms with Crippen molar-refractivity contribution in [3.63, 3.8) is 0 Å². The van der Waals surface area contributed by atoms with Gasteiger partial charge in [0.1, 0.15) is 0 Å². The smallest absolute Gasteiger partial charge is 0.302 e. The molecule has 0 aromatic rings. The van der Waals surface area contributed by atoms with Crippen molar-refractivity contribution in [1.29, 1.82) is 5.26 Å². The molecule has 2 saturated carbocycles. The second-order valence-electron chi connectivity index (χ2n) is 6.21. The van der Waals surface area contributed by atoms with Crippen molar-refractivity contribution in [3.05, 3.63) is 0 Å². The van der Waals surface area contributed by atoms with Gasteiger partial charge in [-0.1, -0.05) is 19.8 Å². The third kappa shape index (κ3) is 2.39. The number of nitrogens with zero attached hydrogens (tertiary/aromatic N) is 1. The summed E-state index contributed by atoms with van der Waals surface area (Å²) in [5.41, 5.74) is -0.0860. The van der Waals surface area contributed by atoms with Gasteiger partial charge >= 0.3 is 5.97 Å². The van der Waals surface area contributed by atoms with Crippen LogP contribution in [0.1, 0.15) is 52.4 Å². The molecule has 2 rings (SSSR count). The van der Waals surface area contributed by atoms with Crippen LogP contribution in [0.2, 0.25) is 0 Å². The number of fused-ring (bicyclic) bond motifs is 2. The number of hydrogen-bond donors (Lipinski definition) is 0. The molecule has 0 aromatic heterocycles. The van der Waals surface area contributed by atoms with Crippen LogP contribution < -0.4 is 0 Å². The fourth-order valence-corrected chi connectivity index (χ4v) is 4.18. The molecule has 0 aliphatic heterocycles. The highest BCUT2D eigenvalue weighted by Gasteiger charge is 2.50. The molecule has 4 atom stereocenters. The van der Waals surface area contributed by atoms with E-state index in [2.05, 4.69) is 13.0 Å². The third-order valence-corrected chi connectivity index (χ3v) is 5.22. The van der Waals surface area contributed by atoms with Crippen LogP contribution in [-0.2, 0) is 9.53 Å². The standard InChI is InChI=1S/C15H23NO2/c1-11-8-13-4-3-5-14(9-13)15(11,6-7-16)10-18-12(2)17/h11,13-14H,3-6,8-10H2,1-2H3. The second kappa shape index (κ2) is 5.30. The average molecular weight is 249 g/mol. The van der Waals surface area contributed by atoms with Gasteiger partial charge in [0.05, 0.1) is 12.7 Å². The van der Waals surface area contributed by atoms with Gasteiger partial charge in [-0.2, -0.15) is 5.26 Å². The molecular weight excluding hydrogens is 226 g/mol. The maximum absolute atomic E-state index is 11.1. The van der Waals surface area contributed by atoms with E-state index < -0.39 is 0 Å². The average Bonchev–Trinajstić information content (AvgIpc) is 2.33. The Morgan fingerprint density at radius 2 is 2.22 bits per heavy atom. The Balaban J connectivity index is 2.19. The normalized spacial score (nSPS) is 38.8. The SMILES string of the molecule is CC(=O)OCC1(CC#N)C(C)CC2CCCC1C2. The molecule has 2 fully saturated rings. The first kappa shape index (κ1) is 13.4. The molecule has 2 bridgehead atoms. The number of hydrogen-bond acceptors (Lipinski definition) is 3. The predicted octanol–water partition coefficient (Wildman–Crippen LogP) is 3.30. The van der Waals surface area contributed by atoms with Gasteiger partial charge in [0.2, 0.25) is 0 Å². The van der Waals surface area contributed by atoms with Gasteiger partial charge in [0, 0.05) is 18.8 Å². The van der Waals surface area contributed by atoms with Crippen LogP contribution >= 0.6 is 0 Å². The molecule has 3 nitrogen and oxygen atoms in total. The molecule has 100 valence electrons. The van der Waals surface area contributed by atoms with Crippen molar-refractivity contribution in [1.82, 2.24) is 0 Å². The minimum atomic E-state index is -0.225. The minimum absolute atomic E-state index is 0.0860. The maximum Gasteiger partial charge on any atom is 0.302 e. The first-order valence-corrected chi connectivity index (χ1v) is 7.09. The number of carbonyl (C=O) groups is 1. The Morgan fingerprint density at radius 3 is 2.89 bits per heavy atom. The van der Waals surface area contributed by atoms with Crippen molar-refractivity contribution in [2.45, 2.75) is 52.4 Å². The Hall–Kier alpha value is -1.04. The molecule has 0 spiro atoms. The van der Waals surface area contributed by atoms with E-state index in [0.717, 1.165) is 5.92 Å². The van der Waals surface area contributed by atoms with Crippen molar-refractivity contribution >= 4 is 5.97 Å². The highest BCUT2D eigenvalue weighted by molar-refractivity contribution is 5.65. The Bertz CT molecular complexity index is 358. The number of rotatable bonds is 3. The zero-order valence-corrected chi connectivity index (χ0v) is 11.4. The quantitative estimate of drug-likeness (QED) is 0.721. The summed E-state index contributed by atoms with van der Waals surface area (Å²) in [6.07, 6.45) is 6.77. The van der Waals surface area contributed by atoms with Crippen LogP contribution in [0.15, 0.2) is 0 Å². The molecule has 0 saturated heterocycles. The lowest BCUT2D eigenvalue weighted by Crippen LogP contribution is -2.48. The highest BCUT2D eigenvalue weighted by atomic mass is 16.5. The largest absolute Gasteiger partial charge is 0.465 e. The predicted molar refractivity (Wildman–Crippen MR) is 68.5 cm³/mol. The summed E-state index contributed by atoms with van der Waals surface area (Å²) in [7, 11) is 0. The topological polar surface area (TPSA) is 50.1 Å². The molecule has 0 radical (unpaired) electrons. The molecule has 0 amide bonds. The molecule has 0 N–H and O–H groups in total. The zero-order valence-electron chi connectivity index (χ0n) is 11.4. The van der Waals surface area contributed by atoms with Crippen molar-refractivity contribution in [3.8, 4) is 6.07 Å². The van der Waals surface area contributed by atoms with Gasteiger partial charge in [-0.15, -0.1) is 0 Å². The van der Waals surface area contributed by atoms with Crippen LogP contribution in [0.5, 0.6) is 0 Å². The molecule has 18 heavy (non-hydrogen) atoms. The first-order valence-electron chi connectivity index (χ1n) is 7.09. The first-order chi connectivity index (χ1) is 8.58. The summed E-state index contributed by atoms with van der Waals surface area (Å²) < 4.78 is 5.31. The highest BCUT2D eigenvalue weighted by Crippen LogP contribution is 2.55. The zero-order chi connectivity index (χ0) is 13.2. The molecule has 2 aliphatic carbocycles. The fraction of sp³-hybridized carbons (Fsp3) is 0.867. The van der Waals surface area contributed by atoms with Crippen LogP contribution in [0, 0.1) is 34.5 Å². The third-order valence-electron chi connectivity index (χ3n) is 5.22. The maximum atomic E-state index is 11.1. The van der Waals surface area contributed by atoms with Crippen LogP contribution in [0.4, 0.5) is 0 Å². The number of esters is 1. The van der Waals surface area contributed by atoms with E-state index in [1.54, 1.807) is 0 Å². The Kier molecular flexibility index (Phi) is 3.94. The van der Waals surface area contributed by atoms with Crippen LogP contribution in [0.3, 0.4) is 0 Å². The van der Waals surface area contributed by atoms with Gasteiger partial charge in [0.25, 0.3) is 0 Å². The summed E-state index contributed by atoms with van der Waals surface area (Å²) in [6, 6.07) is 2.34. The monoisotopic (exact) mass is 249 g/mol. The van der Waals surface area contributed by atoms with Gasteiger partial charge in [-0.05, 0) is 37.0 Å². The van der Waals surface area contributed by atoms with Crippen molar-refractivity contribution in [2.75, 3.05) is 6.61 Å². The molecule has 2 aliphatic rings. The number of nitriles is 1. The lowest BCUT2D eigenvalue weighted by Gasteiger charge is -2.52. The summed E-state index contributed by atoms with van der Waals surface area (Å²) >= 11 is 0. The van der Waals surface area contributed by atoms with E-state index in [1.807, 2.05) is 0 Å². The van der Waals surface area contributed by atoms with Gasteiger partial charge in [0.15, 0.2) is 0 Å². The van der Waals surface area contributed by atoms with Crippen molar-refractivity contribution in [2.24, 2.45) is 23.2 Å². The fourth-order valence-electron chi connectivity index (χ4n) is 4.18. The molecular formula is C15H23NO2. The van der Waals surface area contributed by atoms with E-state index >= 15 is 0 Å². The number of carbonyl (C=O) groups excluding carboxylic acids is 1. The second-order valence-corrected chi connectivity index (χ2v) is 6.21. The van der Waals surface area contributed by atoms with Crippen LogP contribution in [-0.4, -0.2) is 12.6 Å². The minimum Gasteiger partial charge on any atom is -0.465 e. The van der Waals surface area contributed by atoms with E-state index in [9.17, 15) is 10.1 Å². The molecule has 0 heterocycles. The van der Waals surface area contributed by atoms with Gasteiger partial charge in [-0.25, -0.2) is 0 Å². The molecule has 4 unspecified atom stereocenters. The van der Waals surface area contributed by atoms with E-state index in [1.165, 1.54) is 39.0 Å². The lowest BCUT2D eigenvalue weighted by atomic mass is 9.53.